The molecule has 0 aromatic heterocycles. The Labute approximate surface area is 80.3 Å². The standard InChI is InChI=1S/C9H18N2S/c1-4-11(8-5-6-8)9(12)10-7(2)3/h7-8H,4-6H2,1-3H3,(H,10,12). The first-order chi connectivity index (χ1) is 5.65. The molecule has 0 aromatic rings. The third kappa shape index (κ3) is 2.63. The van der Waals surface area contributed by atoms with E-state index in [-0.39, 0.29) is 0 Å². The maximum absolute atomic E-state index is 5.28. The third-order valence-corrected chi connectivity index (χ3v) is 2.35. The zero-order valence-electron chi connectivity index (χ0n) is 8.13. The smallest absolute Gasteiger partial charge is 0.169 e. The molecule has 0 bridgehead atoms. The summed E-state index contributed by atoms with van der Waals surface area (Å²) in [7, 11) is 0. The molecule has 0 atom stereocenters. The molecule has 12 heavy (non-hydrogen) atoms. The minimum Gasteiger partial charge on any atom is -0.360 e. The summed E-state index contributed by atoms with van der Waals surface area (Å²) >= 11 is 5.28. The van der Waals surface area contributed by atoms with E-state index in [1.54, 1.807) is 0 Å². The van der Waals surface area contributed by atoms with Gasteiger partial charge in [0.1, 0.15) is 0 Å². The van der Waals surface area contributed by atoms with Crippen molar-refractivity contribution >= 4 is 17.3 Å². The van der Waals surface area contributed by atoms with Crippen LogP contribution in [0, 0.1) is 0 Å². The number of hydrogen-bond donors (Lipinski definition) is 1. The van der Waals surface area contributed by atoms with E-state index >= 15 is 0 Å². The first-order valence-corrected chi connectivity index (χ1v) is 5.13. The average molecular weight is 186 g/mol. The van der Waals surface area contributed by atoms with E-state index in [1.165, 1.54) is 12.8 Å². The minimum absolute atomic E-state index is 0.449. The van der Waals surface area contributed by atoms with Gasteiger partial charge in [-0.1, -0.05) is 0 Å². The van der Waals surface area contributed by atoms with Crippen LogP contribution in [-0.2, 0) is 0 Å². The normalized spacial score (nSPS) is 16.3. The molecule has 2 nitrogen and oxygen atoms in total. The molecular formula is C9H18N2S. The molecule has 3 heteroatoms. The molecule has 0 spiro atoms. The molecule has 1 fully saturated rings. The Morgan fingerprint density at radius 1 is 1.58 bits per heavy atom. The van der Waals surface area contributed by atoms with Crippen LogP contribution in [0.25, 0.3) is 0 Å². The quantitative estimate of drug-likeness (QED) is 0.676. The van der Waals surface area contributed by atoms with Crippen molar-refractivity contribution in [3.63, 3.8) is 0 Å². The van der Waals surface area contributed by atoms with E-state index in [9.17, 15) is 0 Å². The van der Waals surface area contributed by atoms with Crippen molar-refractivity contribution in [2.75, 3.05) is 6.54 Å². The fourth-order valence-electron chi connectivity index (χ4n) is 1.28. The molecular weight excluding hydrogens is 168 g/mol. The first kappa shape index (κ1) is 9.78. The largest absolute Gasteiger partial charge is 0.360 e. The SMILES string of the molecule is CCN(C(=S)NC(C)C)C1CC1. The first-order valence-electron chi connectivity index (χ1n) is 4.72. The summed E-state index contributed by atoms with van der Waals surface area (Å²) in [6.45, 7) is 7.43. The van der Waals surface area contributed by atoms with E-state index in [4.69, 9.17) is 12.2 Å². The van der Waals surface area contributed by atoms with Crippen LogP contribution in [0.5, 0.6) is 0 Å². The van der Waals surface area contributed by atoms with Gasteiger partial charge in [0.15, 0.2) is 5.11 Å². The predicted octanol–water partition coefficient (Wildman–Crippen LogP) is 1.75. The van der Waals surface area contributed by atoms with Crippen molar-refractivity contribution in [3.05, 3.63) is 0 Å². The van der Waals surface area contributed by atoms with Gasteiger partial charge in [0.25, 0.3) is 0 Å². The van der Waals surface area contributed by atoms with Crippen molar-refractivity contribution in [1.29, 1.82) is 0 Å². The molecule has 1 aliphatic rings. The second kappa shape index (κ2) is 4.08. The lowest BCUT2D eigenvalue weighted by Gasteiger charge is -2.25. The zero-order chi connectivity index (χ0) is 9.14. The molecule has 0 aliphatic heterocycles. The van der Waals surface area contributed by atoms with Gasteiger partial charge in [0.2, 0.25) is 0 Å². The summed E-state index contributed by atoms with van der Waals surface area (Å²) in [4.78, 5) is 2.29. The van der Waals surface area contributed by atoms with Gasteiger partial charge in [0.05, 0.1) is 0 Å². The van der Waals surface area contributed by atoms with E-state index in [0.29, 0.717) is 6.04 Å². The summed E-state index contributed by atoms with van der Waals surface area (Å²) in [6.07, 6.45) is 2.63. The lowest BCUT2D eigenvalue weighted by molar-refractivity contribution is 0.418. The van der Waals surface area contributed by atoms with Crippen molar-refractivity contribution in [1.82, 2.24) is 10.2 Å². The summed E-state index contributed by atoms with van der Waals surface area (Å²) in [5.74, 6) is 0. The fraction of sp³-hybridized carbons (Fsp3) is 0.889. The highest BCUT2D eigenvalue weighted by molar-refractivity contribution is 7.80. The molecule has 1 saturated carbocycles. The molecule has 0 saturated heterocycles. The number of hydrogen-bond acceptors (Lipinski definition) is 1. The number of rotatable bonds is 3. The Balaban J connectivity index is 2.36. The fourth-order valence-corrected chi connectivity index (χ4v) is 1.80. The Bertz CT molecular complexity index is 164. The van der Waals surface area contributed by atoms with E-state index in [1.807, 2.05) is 0 Å². The zero-order valence-corrected chi connectivity index (χ0v) is 8.95. The van der Waals surface area contributed by atoms with Gasteiger partial charge >= 0.3 is 0 Å². The van der Waals surface area contributed by atoms with Gasteiger partial charge in [0, 0.05) is 18.6 Å². The Morgan fingerprint density at radius 3 is 2.50 bits per heavy atom. The Hall–Kier alpha value is -0.310. The van der Waals surface area contributed by atoms with E-state index in [0.717, 1.165) is 17.7 Å². The Morgan fingerprint density at radius 2 is 2.17 bits per heavy atom. The van der Waals surface area contributed by atoms with Gasteiger partial charge in [-0.25, -0.2) is 0 Å². The van der Waals surface area contributed by atoms with Crippen molar-refractivity contribution in [2.24, 2.45) is 0 Å². The lowest BCUT2D eigenvalue weighted by Crippen LogP contribution is -2.43. The number of nitrogens with one attached hydrogen (secondary N) is 1. The summed E-state index contributed by atoms with van der Waals surface area (Å²) < 4.78 is 0. The third-order valence-electron chi connectivity index (χ3n) is 2.00. The minimum atomic E-state index is 0.449. The molecule has 0 unspecified atom stereocenters. The van der Waals surface area contributed by atoms with E-state index < -0.39 is 0 Å². The maximum Gasteiger partial charge on any atom is 0.169 e. The molecule has 0 amide bonds. The van der Waals surface area contributed by atoms with Gasteiger partial charge in [-0.05, 0) is 45.8 Å². The molecule has 70 valence electrons. The number of nitrogens with zero attached hydrogens (tertiary/aromatic N) is 1. The molecule has 0 radical (unpaired) electrons. The predicted molar refractivity (Wildman–Crippen MR) is 56.3 cm³/mol. The average Bonchev–Trinajstić information content (AvgIpc) is 2.70. The Kier molecular flexibility index (Phi) is 3.32. The van der Waals surface area contributed by atoms with Crippen LogP contribution in [0.3, 0.4) is 0 Å². The molecule has 1 rings (SSSR count). The van der Waals surface area contributed by atoms with Crippen molar-refractivity contribution < 1.29 is 0 Å². The summed E-state index contributed by atoms with van der Waals surface area (Å²) in [5, 5.41) is 4.20. The molecule has 1 aliphatic carbocycles. The van der Waals surface area contributed by atoms with Crippen LogP contribution in [0.2, 0.25) is 0 Å². The topological polar surface area (TPSA) is 15.3 Å². The van der Waals surface area contributed by atoms with Crippen molar-refractivity contribution in [2.45, 2.75) is 45.7 Å². The summed E-state index contributed by atoms with van der Waals surface area (Å²) in [6, 6.07) is 1.18. The van der Waals surface area contributed by atoms with Gasteiger partial charge in [-0.3, -0.25) is 0 Å². The second-order valence-corrected chi connectivity index (χ2v) is 4.01. The molecule has 0 aromatic carbocycles. The lowest BCUT2D eigenvalue weighted by atomic mass is 10.4. The van der Waals surface area contributed by atoms with Gasteiger partial charge in [-0.2, -0.15) is 0 Å². The van der Waals surface area contributed by atoms with Crippen molar-refractivity contribution in [3.8, 4) is 0 Å². The molecule has 1 N–H and O–H groups in total. The highest BCUT2D eigenvalue weighted by Crippen LogP contribution is 2.26. The van der Waals surface area contributed by atoms with Crippen LogP contribution < -0.4 is 5.32 Å². The van der Waals surface area contributed by atoms with Crippen LogP contribution >= 0.6 is 12.2 Å². The number of thiocarbonyl (C=S) groups is 1. The summed E-state index contributed by atoms with van der Waals surface area (Å²) in [5.41, 5.74) is 0. The van der Waals surface area contributed by atoms with Gasteiger partial charge < -0.3 is 10.2 Å². The van der Waals surface area contributed by atoms with Gasteiger partial charge in [-0.15, -0.1) is 0 Å². The highest BCUT2D eigenvalue weighted by atomic mass is 32.1. The van der Waals surface area contributed by atoms with Crippen LogP contribution in [-0.4, -0.2) is 28.6 Å². The molecule has 0 heterocycles. The highest BCUT2D eigenvalue weighted by Gasteiger charge is 2.29. The van der Waals surface area contributed by atoms with Crippen LogP contribution in [0.15, 0.2) is 0 Å². The maximum atomic E-state index is 5.28. The second-order valence-electron chi connectivity index (χ2n) is 3.62. The van der Waals surface area contributed by atoms with Crippen LogP contribution in [0.4, 0.5) is 0 Å². The van der Waals surface area contributed by atoms with Crippen LogP contribution in [0.1, 0.15) is 33.6 Å². The van der Waals surface area contributed by atoms with E-state index in [2.05, 4.69) is 31.0 Å². The monoisotopic (exact) mass is 186 g/mol.